The van der Waals surface area contributed by atoms with E-state index in [1.165, 1.54) is 4.90 Å². The van der Waals surface area contributed by atoms with Gasteiger partial charge in [0, 0.05) is 26.2 Å². The Morgan fingerprint density at radius 1 is 1.23 bits per heavy atom. The Labute approximate surface area is 129 Å². The monoisotopic (exact) mass is 301 g/mol. The predicted octanol–water partition coefficient (Wildman–Crippen LogP) is 1.74. The average molecular weight is 301 g/mol. The van der Waals surface area contributed by atoms with Crippen LogP contribution in [-0.4, -0.2) is 45.3 Å². The molecule has 1 amide bonds. The Bertz CT molecular complexity index is 637. The van der Waals surface area contributed by atoms with Crippen molar-refractivity contribution in [2.24, 2.45) is 0 Å². The van der Waals surface area contributed by atoms with Gasteiger partial charge in [-0.2, -0.15) is 5.10 Å². The zero-order chi connectivity index (χ0) is 15.9. The van der Waals surface area contributed by atoms with Gasteiger partial charge >= 0.3 is 5.97 Å². The second kappa shape index (κ2) is 7.40. The van der Waals surface area contributed by atoms with Crippen molar-refractivity contribution in [3.8, 4) is 5.69 Å². The molecule has 1 heterocycles. The summed E-state index contributed by atoms with van der Waals surface area (Å²) in [5.41, 5.74) is 1.95. The molecule has 0 atom stereocenters. The number of amides is 1. The lowest BCUT2D eigenvalue weighted by atomic mass is 10.2. The minimum absolute atomic E-state index is 0.0336. The molecule has 116 valence electrons. The quantitative estimate of drug-likeness (QED) is 0.845. The molecule has 2 aromatic rings. The number of carboxylic acid groups (broad SMARTS) is 1. The molecule has 0 fully saturated rings. The highest BCUT2D eigenvalue weighted by atomic mass is 16.4. The third-order valence-electron chi connectivity index (χ3n) is 3.37. The Balaban J connectivity index is 1.86. The van der Waals surface area contributed by atoms with E-state index in [0.717, 1.165) is 11.3 Å². The highest BCUT2D eigenvalue weighted by Gasteiger charge is 2.11. The maximum atomic E-state index is 11.9. The van der Waals surface area contributed by atoms with E-state index >= 15 is 0 Å². The number of aryl methyl sites for hydroxylation is 1. The number of aromatic nitrogens is 2. The molecule has 1 N–H and O–H groups in total. The van der Waals surface area contributed by atoms with Gasteiger partial charge in [-0.1, -0.05) is 18.2 Å². The van der Waals surface area contributed by atoms with Gasteiger partial charge in [0.1, 0.15) is 0 Å². The molecule has 0 saturated carbocycles. The summed E-state index contributed by atoms with van der Waals surface area (Å²) in [6, 6.07) is 9.75. The van der Waals surface area contributed by atoms with Crippen LogP contribution in [0.5, 0.6) is 0 Å². The van der Waals surface area contributed by atoms with Crippen molar-refractivity contribution >= 4 is 11.9 Å². The molecule has 0 unspecified atom stereocenters. The fourth-order valence-electron chi connectivity index (χ4n) is 2.04. The number of carbonyl (C=O) groups is 2. The van der Waals surface area contributed by atoms with Crippen molar-refractivity contribution in [1.29, 1.82) is 0 Å². The second-order valence-corrected chi connectivity index (χ2v) is 5.09. The van der Waals surface area contributed by atoms with E-state index in [4.69, 9.17) is 5.11 Å². The first-order valence-corrected chi connectivity index (χ1v) is 7.11. The normalized spacial score (nSPS) is 10.4. The fraction of sp³-hybridized carbons (Fsp3) is 0.312. The summed E-state index contributed by atoms with van der Waals surface area (Å²) in [5.74, 6) is -0.961. The number of rotatable bonds is 7. The zero-order valence-electron chi connectivity index (χ0n) is 12.5. The van der Waals surface area contributed by atoms with Gasteiger partial charge in [-0.3, -0.25) is 9.59 Å². The number of carbonyl (C=O) groups excluding carboxylic acids is 1. The van der Waals surface area contributed by atoms with Crippen LogP contribution in [0.25, 0.3) is 5.69 Å². The first kappa shape index (κ1) is 15.8. The van der Waals surface area contributed by atoms with Gasteiger partial charge < -0.3 is 10.0 Å². The zero-order valence-corrected chi connectivity index (χ0v) is 12.5. The minimum Gasteiger partial charge on any atom is -0.481 e. The summed E-state index contributed by atoms with van der Waals surface area (Å²) in [7, 11) is 1.62. The third-order valence-corrected chi connectivity index (χ3v) is 3.37. The standard InChI is InChI=1S/C16H19N3O3/c1-18(10-9-16(21)22)15(20)8-7-13-11-17-19(12-13)14-5-3-2-4-6-14/h2-6,11-12H,7-10H2,1H3,(H,21,22). The molecule has 0 bridgehead atoms. The van der Waals surface area contributed by atoms with Crippen LogP contribution in [0.1, 0.15) is 18.4 Å². The summed E-state index contributed by atoms with van der Waals surface area (Å²) in [5, 5.41) is 12.9. The topological polar surface area (TPSA) is 75.4 Å². The Morgan fingerprint density at radius 3 is 2.64 bits per heavy atom. The van der Waals surface area contributed by atoms with Crippen LogP contribution in [0.15, 0.2) is 42.7 Å². The van der Waals surface area contributed by atoms with Gasteiger partial charge in [0.15, 0.2) is 0 Å². The van der Waals surface area contributed by atoms with E-state index in [1.807, 2.05) is 36.5 Å². The summed E-state index contributed by atoms with van der Waals surface area (Å²) in [4.78, 5) is 23.9. The van der Waals surface area contributed by atoms with Gasteiger partial charge in [-0.15, -0.1) is 0 Å². The van der Waals surface area contributed by atoms with Crippen LogP contribution >= 0.6 is 0 Å². The fourth-order valence-corrected chi connectivity index (χ4v) is 2.04. The number of para-hydroxylation sites is 1. The average Bonchev–Trinajstić information content (AvgIpc) is 3.00. The van der Waals surface area contributed by atoms with E-state index in [0.29, 0.717) is 12.8 Å². The van der Waals surface area contributed by atoms with Gasteiger partial charge in [0.2, 0.25) is 5.91 Å². The van der Waals surface area contributed by atoms with Crippen molar-refractivity contribution in [2.45, 2.75) is 19.3 Å². The molecule has 1 aromatic carbocycles. The Kier molecular flexibility index (Phi) is 5.30. The molecule has 0 saturated heterocycles. The number of carboxylic acids is 1. The van der Waals surface area contributed by atoms with Gasteiger partial charge in [0.25, 0.3) is 0 Å². The van der Waals surface area contributed by atoms with Crippen LogP contribution < -0.4 is 0 Å². The first-order chi connectivity index (χ1) is 10.6. The van der Waals surface area contributed by atoms with Gasteiger partial charge in [0.05, 0.1) is 18.3 Å². The smallest absolute Gasteiger partial charge is 0.305 e. The molecule has 0 aliphatic heterocycles. The van der Waals surface area contributed by atoms with E-state index < -0.39 is 5.97 Å². The second-order valence-electron chi connectivity index (χ2n) is 5.09. The van der Waals surface area contributed by atoms with Crippen LogP contribution in [-0.2, 0) is 16.0 Å². The van der Waals surface area contributed by atoms with E-state index in [9.17, 15) is 9.59 Å². The molecule has 2 rings (SSSR count). The van der Waals surface area contributed by atoms with Crippen molar-refractivity contribution in [3.05, 3.63) is 48.3 Å². The number of benzene rings is 1. The minimum atomic E-state index is -0.899. The van der Waals surface area contributed by atoms with Crippen molar-refractivity contribution in [1.82, 2.24) is 14.7 Å². The van der Waals surface area contributed by atoms with Crippen LogP contribution in [0.3, 0.4) is 0 Å². The highest BCUT2D eigenvalue weighted by molar-refractivity contribution is 5.77. The Morgan fingerprint density at radius 2 is 1.95 bits per heavy atom. The number of hydrogen-bond acceptors (Lipinski definition) is 3. The molecule has 0 radical (unpaired) electrons. The summed E-state index contributed by atoms with van der Waals surface area (Å²) in [6.07, 6.45) is 4.55. The van der Waals surface area contributed by atoms with E-state index in [-0.39, 0.29) is 18.9 Å². The number of aliphatic carboxylic acids is 1. The van der Waals surface area contributed by atoms with Crippen molar-refractivity contribution in [2.75, 3.05) is 13.6 Å². The summed E-state index contributed by atoms with van der Waals surface area (Å²) < 4.78 is 1.77. The maximum absolute atomic E-state index is 11.9. The van der Waals surface area contributed by atoms with Gasteiger partial charge in [-0.05, 0) is 24.1 Å². The molecule has 0 aliphatic rings. The van der Waals surface area contributed by atoms with Gasteiger partial charge in [-0.25, -0.2) is 4.68 Å². The molecule has 1 aromatic heterocycles. The molecule has 0 spiro atoms. The number of nitrogens with zero attached hydrogens (tertiary/aromatic N) is 3. The molecule has 6 heteroatoms. The lowest BCUT2D eigenvalue weighted by molar-refractivity contribution is -0.138. The number of hydrogen-bond donors (Lipinski definition) is 1. The van der Waals surface area contributed by atoms with Crippen molar-refractivity contribution in [3.63, 3.8) is 0 Å². The predicted molar refractivity (Wildman–Crippen MR) is 81.8 cm³/mol. The first-order valence-electron chi connectivity index (χ1n) is 7.11. The molecule has 6 nitrogen and oxygen atoms in total. The SMILES string of the molecule is CN(CCC(=O)O)C(=O)CCc1cnn(-c2ccccc2)c1. The molecular formula is C16H19N3O3. The summed E-state index contributed by atoms with van der Waals surface area (Å²) in [6.45, 7) is 0.234. The third kappa shape index (κ3) is 4.44. The molecule has 22 heavy (non-hydrogen) atoms. The molecular weight excluding hydrogens is 282 g/mol. The lowest BCUT2D eigenvalue weighted by Gasteiger charge is -2.15. The lowest BCUT2D eigenvalue weighted by Crippen LogP contribution is -2.29. The Hall–Kier alpha value is -2.63. The van der Waals surface area contributed by atoms with E-state index in [1.54, 1.807) is 17.9 Å². The van der Waals surface area contributed by atoms with Crippen LogP contribution in [0, 0.1) is 0 Å². The maximum Gasteiger partial charge on any atom is 0.305 e. The molecule has 0 aliphatic carbocycles. The van der Waals surface area contributed by atoms with Crippen LogP contribution in [0.4, 0.5) is 0 Å². The van der Waals surface area contributed by atoms with Crippen molar-refractivity contribution < 1.29 is 14.7 Å². The highest BCUT2D eigenvalue weighted by Crippen LogP contribution is 2.09. The summed E-state index contributed by atoms with van der Waals surface area (Å²) >= 11 is 0. The largest absolute Gasteiger partial charge is 0.481 e. The van der Waals surface area contributed by atoms with Crippen LogP contribution in [0.2, 0.25) is 0 Å². The van der Waals surface area contributed by atoms with E-state index in [2.05, 4.69) is 5.10 Å².